The fourth-order valence-electron chi connectivity index (χ4n) is 6.31. The van der Waals surface area contributed by atoms with E-state index in [0.29, 0.717) is 12.0 Å². The third kappa shape index (κ3) is 5.22. The SMILES string of the molecule is CC1CCC1n1nnnc1-c1[c-]cc2c(c1)-c1ccccc1C2(C)C.Cn1cnnc1-c1[c-]ccc(-c2ccccc2)c1.[Ir]. The summed E-state index contributed by atoms with van der Waals surface area (Å²) >= 11 is 0. The topological polar surface area (TPSA) is 74.3 Å². The molecule has 44 heavy (non-hydrogen) atoms. The molecule has 7 nitrogen and oxygen atoms in total. The Morgan fingerprint density at radius 1 is 0.795 bits per heavy atom. The number of aryl methyl sites for hydroxylation is 1. The summed E-state index contributed by atoms with van der Waals surface area (Å²) in [6.07, 6.45) is 4.10. The number of nitrogens with zero attached hydrogens (tertiary/aromatic N) is 7. The molecule has 6 aromatic rings. The zero-order chi connectivity index (χ0) is 29.6. The fraction of sp³-hybridized carbons (Fsp3) is 0.250. The van der Waals surface area contributed by atoms with Gasteiger partial charge in [0.2, 0.25) is 0 Å². The van der Waals surface area contributed by atoms with Crippen LogP contribution < -0.4 is 0 Å². The molecule has 0 spiro atoms. The van der Waals surface area contributed by atoms with Gasteiger partial charge in [-0.3, -0.25) is 4.68 Å². The maximum Gasteiger partial charge on any atom is 0.110 e. The van der Waals surface area contributed by atoms with Crippen LogP contribution in [0.2, 0.25) is 0 Å². The predicted molar refractivity (Wildman–Crippen MR) is 168 cm³/mol. The first-order chi connectivity index (χ1) is 20.9. The Morgan fingerprint density at radius 2 is 1.57 bits per heavy atom. The minimum absolute atomic E-state index is 0. The van der Waals surface area contributed by atoms with Crippen LogP contribution in [0.5, 0.6) is 0 Å². The number of fused-ring (bicyclic) bond motifs is 3. The molecule has 1 saturated carbocycles. The Labute approximate surface area is 271 Å². The molecule has 0 amide bonds. The average Bonchev–Trinajstić information content (AvgIpc) is 3.74. The number of benzene rings is 4. The molecule has 2 aliphatic rings. The van der Waals surface area contributed by atoms with E-state index in [4.69, 9.17) is 0 Å². The summed E-state index contributed by atoms with van der Waals surface area (Å²) in [5.41, 5.74) is 9.60. The maximum absolute atomic E-state index is 4.31. The van der Waals surface area contributed by atoms with Crippen LogP contribution in [0.1, 0.15) is 50.8 Å². The first kappa shape index (κ1) is 29.8. The van der Waals surface area contributed by atoms with Crippen LogP contribution in [0, 0.1) is 18.1 Å². The summed E-state index contributed by atoms with van der Waals surface area (Å²) < 4.78 is 3.89. The summed E-state index contributed by atoms with van der Waals surface area (Å²) in [6.45, 7) is 6.83. The third-order valence-corrected chi connectivity index (χ3v) is 9.00. The van der Waals surface area contributed by atoms with Crippen molar-refractivity contribution in [1.29, 1.82) is 0 Å². The van der Waals surface area contributed by atoms with Crippen LogP contribution in [0.3, 0.4) is 0 Å². The molecule has 2 aromatic heterocycles. The summed E-state index contributed by atoms with van der Waals surface area (Å²) in [6, 6.07) is 36.4. The predicted octanol–water partition coefficient (Wildman–Crippen LogP) is 7.36. The van der Waals surface area contributed by atoms with Gasteiger partial charge in [0.1, 0.15) is 6.33 Å². The summed E-state index contributed by atoms with van der Waals surface area (Å²) in [7, 11) is 1.93. The molecule has 0 N–H and O–H groups in total. The van der Waals surface area contributed by atoms with Gasteiger partial charge in [-0.1, -0.05) is 86.1 Å². The van der Waals surface area contributed by atoms with Crippen LogP contribution in [0.15, 0.2) is 91.3 Å². The van der Waals surface area contributed by atoms with Crippen molar-refractivity contribution >= 4 is 0 Å². The van der Waals surface area contributed by atoms with E-state index in [0.717, 1.165) is 34.8 Å². The van der Waals surface area contributed by atoms with E-state index in [1.165, 1.54) is 34.2 Å². The van der Waals surface area contributed by atoms with Crippen molar-refractivity contribution in [1.82, 2.24) is 35.0 Å². The summed E-state index contributed by atoms with van der Waals surface area (Å²) in [5.74, 6) is 2.30. The van der Waals surface area contributed by atoms with Crippen LogP contribution in [0.4, 0.5) is 0 Å². The van der Waals surface area contributed by atoms with E-state index in [1.54, 1.807) is 6.33 Å². The maximum atomic E-state index is 4.31. The first-order valence-electron chi connectivity index (χ1n) is 14.8. The number of hydrogen-bond acceptors (Lipinski definition) is 5. The van der Waals surface area contributed by atoms with Gasteiger partial charge in [-0.2, -0.15) is 10.2 Å². The van der Waals surface area contributed by atoms with E-state index in [1.807, 2.05) is 40.6 Å². The summed E-state index contributed by atoms with van der Waals surface area (Å²) in [4.78, 5) is 0. The monoisotopic (exact) mass is 756 g/mol. The Hall–Kier alpha value is -4.26. The molecule has 2 aliphatic carbocycles. The number of aromatic nitrogens is 7. The molecule has 0 bridgehead atoms. The van der Waals surface area contributed by atoms with E-state index >= 15 is 0 Å². The van der Waals surface area contributed by atoms with Crippen molar-refractivity contribution in [3.05, 3.63) is 115 Å². The first-order valence-corrected chi connectivity index (χ1v) is 14.8. The molecule has 1 radical (unpaired) electrons. The Balaban J connectivity index is 0.000000161. The largest absolute Gasteiger partial charge is 0.357 e. The van der Waals surface area contributed by atoms with Crippen LogP contribution >= 0.6 is 0 Å². The molecular formula is C36H33IrN7-2. The molecule has 2 atom stereocenters. The zero-order valence-corrected chi connectivity index (χ0v) is 27.6. The van der Waals surface area contributed by atoms with Crippen molar-refractivity contribution < 1.29 is 20.1 Å². The van der Waals surface area contributed by atoms with Crippen molar-refractivity contribution in [3.8, 4) is 45.0 Å². The van der Waals surface area contributed by atoms with Gasteiger partial charge in [-0.05, 0) is 46.1 Å². The number of rotatable bonds is 4. The minimum Gasteiger partial charge on any atom is -0.357 e. The minimum atomic E-state index is 0. The van der Waals surface area contributed by atoms with Gasteiger partial charge in [0, 0.05) is 33.2 Å². The van der Waals surface area contributed by atoms with Gasteiger partial charge in [0.15, 0.2) is 0 Å². The van der Waals surface area contributed by atoms with Crippen molar-refractivity contribution in [2.75, 3.05) is 0 Å². The molecule has 2 unspecified atom stereocenters. The third-order valence-electron chi connectivity index (χ3n) is 9.00. The molecule has 4 aromatic carbocycles. The van der Waals surface area contributed by atoms with Crippen molar-refractivity contribution in [2.45, 2.75) is 45.1 Å². The van der Waals surface area contributed by atoms with Crippen molar-refractivity contribution in [2.24, 2.45) is 13.0 Å². The Bertz CT molecular complexity index is 1910. The second-order valence-corrected chi connectivity index (χ2v) is 12.0. The Morgan fingerprint density at radius 3 is 2.30 bits per heavy atom. The van der Waals surface area contributed by atoms with Crippen LogP contribution in [-0.4, -0.2) is 35.0 Å². The molecule has 0 saturated heterocycles. The summed E-state index contributed by atoms with van der Waals surface area (Å²) in [5, 5.41) is 20.5. The average molecular weight is 756 g/mol. The van der Waals surface area contributed by atoms with Gasteiger partial charge >= 0.3 is 0 Å². The molecule has 2 heterocycles. The van der Waals surface area contributed by atoms with E-state index < -0.39 is 0 Å². The van der Waals surface area contributed by atoms with Gasteiger partial charge in [0.25, 0.3) is 0 Å². The van der Waals surface area contributed by atoms with Crippen LogP contribution in [0.25, 0.3) is 45.0 Å². The second kappa shape index (κ2) is 12.0. The standard InChI is InChI=1S/C21H21N4.C15H12N3.Ir/c1-13-8-11-19(13)25-20(22-23-24-25)14-9-10-18-16(12-14)15-6-4-5-7-17(15)21(18,2)3;1-18-11-16-17-15(18)14-9-5-8-13(10-14)12-6-3-2-4-7-12;/h4-7,10,12-13,19H,8,11H2,1-3H3;2-8,10-11H,1H3;/q2*-1;. The van der Waals surface area contributed by atoms with Crippen molar-refractivity contribution in [3.63, 3.8) is 0 Å². The fourth-order valence-corrected chi connectivity index (χ4v) is 6.31. The van der Waals surface area contributed by atoms with Gasteiger partial charge in [-0.15, -0.1) is 69.8 Å². The molecular weight excluding hydrogens is 723 g/mol. The molecule has 8 rings (SSSR count). The van der Waals surface area contributed by atoms with E-state index in [-0.39, 0.29) is 25.5 Å². The molecule has 1 fully saturated rings. The Kier molecular flexibility index (Phi) is 8.14. The van der Waals surface area contributed by atoms with Gasteiger partial charge in [0.05, 0.1) is 11.6 Å². The van der Waals surface area contributed by atoms with Gasteiger partial charge < -0.3 is 4.57 Å². The smallest absolute Gasteiger partial charge is 0.110 e. The number of hydrogen-bond donors (Lipinski definition) is 0. The van der Waals surface area contributed by atoms with E-state index in [2.05, 4.69) is 119 Å². The quantitative estimate of drug-likeness (QED) is 0.176. The molecule has 223 valence electrons. The molecule has 0 aliphatic heterocycles. The van der Waals surface area contributed by atoms with Gasteiger partial charge in [-0.25, -0.2) is 0 Å². The van der Waals surface area contributed by atoms with Crippen LogP contribution in [-0.2, 0) is 32.6 Å². The van der Waals surface area contributed by atoms with E-state index in [9.17, 15) is 0 Å². The second-order valence-electron chi connectivity index (χ2n) is 12.0. The normalized spacial score (nSPS) is 17.4. The zero-order valence-electron chi connectivity index (χ0n) is 25.2. The number of tetrazole rings is 1. The molecule has 8 heteroatoms.